The third-order valence-electron chi connectivity index (χ3n) is 3.36. The zero-order chi connectivity index (χ0) is 14.5. The summed E-state index contributed by atoms with van der Waals surface area (Å²) >= 11 is 0. The van der Waals surface area contributed by atoms with Crippen LogP contribution in [0.25, 0.3) is 0 Å². The van der Waals surface area contributed by atoms with Gasteiger partial charge in [-0.05, 0) is 23.8 Å². The zero-order valence-corrected chi connectivity index (χ0v) is 11.9. The van der Waals surface area contributed by atoms with Gasteiger partial charge in [0.05, 0.1) is 14.2 Å². The molecule has 0 saturated heterocycles. The molecule has 2 aromatic rings. The summed E-state index contributed by atoms with van der Waals surface area (Å²) in [5.74, 6) is 1.07. The number of carbonyl (C=O) groups excluding carboxylic acids is 1. The lowest BCUT2D eigenvalue weighted by molar-refractivity contribution is 0.0965. The minimum atomic E-state index is -0.186. The number of ether oxygens (including phenoxy) is 2. The Balaban J connectivity index is 2.29. The summed E-state index contributed by atoms with van der Waals surface area (Å²) in [7, 11) is 3.14. The average molecular weight is 270 g/mol. The van der Waals surface area contributed by atoms with Crippen LogP contribution in [0.1, 0.15) is 28.8 Å². The van der Waals surface area contributed by atoms with Gasteiger partial charge in [0.1, 0.15) is 0 Å². The molecule has 1 atom stereocenters. The SMILES string of the molecule is COc1ccc(C(=O)C(C)c2ccccc2)cc1OC. The molecule has 0 aromatic heterocycles. The van der Waals surface area contributed by atoms with E-state index in [1.807, 2.05) is 37.3 Å². The minimum absolute atomic E-state index is 0.0668. The molecule has 3 heteroatoms. The lowest BCUT2D eigenvalue weighted by Gasteiger charge is -2.13. The number of benzene rings is 2. The molecule has 0 saturated carbocycles. The van der Waals surface area contributed by atoms with Crippen LogP contribution in [-0.2, 0) is 0 Å². The molecule has 104 valence electrons. The third kappa shape index (κ3) is 2.82. The van der Waals surface area contributed by atoms with Crippen molar-refractivity contribution in [3.05, 3.63) is 59.7 Å². The number of ketones is 1. The molecule has 0 radical (unpaired) electrons. The standard InChI is InChI=1S/C17H18O3/c1-12(13-7-5-4-6-8-13)17(18)14-9-10-15(19-2)16(11-14)20-3/h4-12H,1-3H3. The smallest absolute Gasteiger partial charge is 0.170 e. The number of hydrogen-bond acceptors (Lipinski definition) is 3. The normalized spacial score (nSPS) is 11.8. The first-order chi connectivity index (χ1) is 9.67. The molecule has 0 aliphatic heterocycles. The summed E-state index contributed by atoms with van der Waals surface area (Å²) in [6, 6.07) is 15.0. The van der Waals surface area contributed by atoms with Crippen molar-refractivity contribution < 1.29 is 14.3 Å². The summed E-state index contributed by atoms with van der Waals surface area (Å²) in [6.07, 6.45) is 0. The molecule has 0 amide bonds. The molecule has 0 bridgehead atoms. The van der Waals surface area contributed by atoms with Crippen LogP contribution < -0.4 is 9.47 Å². The lowest BCUT2D eigenvalue weighted by atomic mass is 9.92. The van der Waals surface area contributed by atoms with Crippen molar-refractivity contribution in [2.24, 2.45) is 0 Å². The predicted molar refractivity (Wildman–Crippen MR) is 78.7 cm³/mol. The minimum Gasteiger partial charge on any atom is -0.493 e. The Morgan fingerprint density at radius 3 is 2.20 bits per heavy atom. The third-order valence-corrected chi connectivity index (χ3v) is 3.36. The van der Waals surface area contributed by atoms with E-state index in [4.69, 9.17) is 9.47 Å². The Hall–Kier alpha value is -2.29. The number of Topliss-reactive ketones (excluding diaryl/α,β-unsaturated/α-hetero) is 1. The quantitative estimate of drug-likeness (QED) is 0.777. The number of carbonyl (C=O) groups is 1. The fourth-order valence-electron chi connectivity index (χ4n) is 2.13. The van der Waals surface area contributed by atoms with Gasteiger partial charge in [0, 0.05) is 11.5 Å². The van der Waals surface area contributed by atoms with Crippen molar-refractivity contribution in [1.29, 1.82) is 0 Å². The average Bonchev–Trinajstić information content (AvgIpc) is 2.53. The van der Waals surface area contributed by atoms with Crippen LogP contribution in [0.2, 0.25) is 0 Å². The lowest BCUT2D eigenvalue weighted by Crippen LogP contribution is -2.09. The number of rotatable bonds is 5. The van der Waals surface area contributed by atoms with Crippen LogP contribution >= 0.6 is 0 Å². The van der Waals surface area contributed by atoms with E-state index >= 15 is 0 Å². The van der Waals surface area contributed by atoms with E-state index in [1.54, 1.807) is 32.4 Å². The van der Waals surface area contributed by atoms with Gasteiger partial charge in [-0.15, -0.1) is 0 Å². The fraction of sp³-hybridized carbons (Fsp3) is 0.235. The van der Waals surface area contributed by atoms with Crippen molar-refractivity contribution in [2.45, 2.75) is 12.8 Å². The van der Waals surface area contributed by atoms with Gasteiger partial charge in [-0.2, -0.15) is 0 Å². The van der Waals surface area contributed by atoms with E-state index in [0.717, 1.165) is 5.56 Å². The van der Waals surface area contributed by atoms with E-state index in [1.165, 1.54) is 0 Å². The Bertz CT molecular complexity index is 590. The molecule has 0 spiro atoms. The first-order valence-corrected chi connectivity index (χ1v) is 6.48. The van der Waals surface area contributed by atoms with Gasteiger partial charge in [0.2, 0.25) is 0 Å². The van der Waals surface area contributed by atoms with Gasteiger partial charge in [0.25, 0.3) is 0 Å². The van der Waals surface area contributed by atoms with Crippen LogP contribution in [0.4, 0.5) is 0 Å². The van der Waals surface area contributed by atoms with Gasteiger partial charge in [-0.3, -0.25) is 4.79 Å². The molecule has 0 heterocycles. The van der Waals surface area contributed by atoms with E-state index < -0.39 is 0 Å². The highest BCUT2D eigenvalue weighted by Crippen LogP contribution is 2.30. The van der Waals surface area contributed by atoms with Crippen LogP contribution in [0, 0.1) is 0 Å². The summed E-state index contributed by atoms with van der Waals surface area (Å²) < 4.78 is 10.4. The second-order valence-electron chi connectivity index (χ2n) is 4.57. The van der Waals surface area contributed by atoms with E-state index in [2.05, 4.69) is 0 Å². The number of hydrogen-bond donors (Lipinski definition) is 0. The maximum Gasteiger partial charge on any atom is 0.170 e. The maximum atomic E-state index is 12.5. The monoisotopic (exact) mass is 270 g/mol. The van der Waals surface area contributed by atoms with Crippen molar-refractivity contribution in [3.63, 3.8) is 0 Å². The Kier molecular flexibility index (Phi) is 4.41. The molecule has 20 heavy (non-hydrogen) atoms. The largest absolute Gasteiger partial charge is 0.493 e. The molecule has 1 unspecified atom stereocenters. The van der Waals surface area contributed by atoms with E-state index in [0.29, 0.717) is 17.1 Å². The van der Waals surface area contributed by atoms with Crippen molar-refractivity contribution in [1.82, 2.24) is 0 Å². The highest BCUT2D eigenvalue weighted by Gasteiger charge is 2.18. The highest BCUT2D eigenvalue weighted by molar-refractivity contribution is 6.01. The molecule has 0 fully saturated rings. The zero-order valence-electron chi connectivity index (χ0n) is 11.9. The molecule has 2 rings (SSSR count). The second kappa shape index (κ2) is 6.24. The Morgan fingerprint density at radius 2 is 1.60 bits per heavy atom. The predicted octanol–water partition coefficient (Wildman–Crippen LogP) is 3.69. The molecule has 0 N–H and O–H groups in total. The highest BCUT2D eigenvalue weighted by atomic mass is 16.5. The second-order valence-corrected chi connectivity index (χ2v) is 4.57. The van der Waals surface area contributed by atoms with Gasteiger partial charge in [-0.1, -0.05) is 37.3 Å². The first-order valence-electron chi connectivity index (χ1n) is 6.48. The van der Waals surface area contributed by atoms with Crippen LogP contribution in [-0.4, -0.2) is 20.0 Å². The van der Waals surface area contributed by atoms with Gasteiger partial charge in [-0.25, -0.2) is 0 Å². The molecular weight excluding hydrogens is 252 g/mol. The van der Waals surface area contributed by atoms with Crippen molar-refractivity contribution in [2.75, 3.05) is 14.2 Å². The topological polar surface area (TPSA) is 35.5 Å². The fourth-order valence-corrected chi connectivity index (χ4v) is 2.13. The Labute approximate surface area is 119 Å². The van der Waals surface area contributed by atoms with E-state index in [-0.39, 0.29) is 11.7 Å². The van der Waals surface area contributed by atoms with Gasteiger partial charge in [0.15, 0.2) is 17.3 Å². The summed E-state index contributed by atoms with van der Waals surface area (Å²) in [5, 5.41) is 0. The van der Waals surface area contributed by atoms with E-state index in [9.17, 15) is 4.79 Å². The number of methoxy groups -OCH3 is 2. The maximum absolute atomic E-state index is 12.5. The van der Waals surface area contributed by atoms with Crippen LogP contribution in [0.15, 0.2) is 48.5 Å². The summed E-state index contributed by atoms with van der Waals surface area (Å²) in [5.41, 5.74) is 1.63. The molecule has 0 aliphatic carbocycles. The van der Waals surface area contributed by atoms with Crippen molar-refractivity contribution >= 4 is 5.78 Å². The molecule has 2 aromatic carbocycles. The van der Waals surface area contributed by atoms with Crippen LogP contribution in [0.5, 0.6) is 11.5 Å². The summed E-state index contributed by atoms with van der Waals surface area (Å²) in [6.45, 7) is 1.91. The first kappa shape index (κ1) is 14.1. The Morgan fingerprint density at radius 1 is 0.950 bits per heavy atom. The van der Waals surface area contributed by atoms with Crippen molar-refractivity contribution in [3.8, 4) is 11.5 Å². The van der Waals surface area contributed by atoms with Crippen LogP contribution in [0.3, 0.4) is 0 Å². The van der Waals surface area contributed by atoms with Gasteiger partial charge < -0.3 is 9.47 Å². The molecule has 3 nitrogen and oxygen atoms in total. The van der Waals surface area contributed by atoms with Gasteiger partial charge >= 0.3 is 0 Å². The summed E-state index contributed by atoms with van der Waals surface area (Å²) in [4.78, 5) is 12.5. The molecule has 0 aliphatic rings. The molecular formula is C17H18O3.